The first kappa shape index (κ1) is 18.9. The molecular weight excluding hydrogens is 366 g/mol. The zero-order valence-electron chi connectivity index (χ0n) is 16.7. The van der Waals surface area contributed by atoms with Crippen LogP contribution in [0.5, 0.6) is 0 Å². The molecule has 1 unspecified atom stereocenters. The van der Waals surface area contributed by atoms with Crippen molar-refractivity contribution in [2.24, 2.45) is 0 Å². The number of aryl methyl sites for hydroxylation is 1. The third-order valence-electron chi connectivity index (χ3n) is 4.98. The summed E-state index contributed by atoms with van der Waals surface area (Å²) in [4.78, 5) is 23.7. The molecule has 8 heteroatoms. The average Bonchev–Trinajstić information content (AvgIpc) is 3.42. The van der Waals surface area contributed by atoms with E-state index in [-0.39, 0.29) is 11.9 Å². The summed E-state index contributed by atoms with van der Waals surface area (Å²) in [6.07, 6.45) is 5.85. The minimum Gasteiger partial charge on any atom is -0.356 e. The fourth-order valence-corrected chi connectivity index (χ4v) is 3.39. The van der Waals surface area contributed by atoms with Crippen LogP contribution in [0.15, 0.2) is 48.8 Å². The van der Waals surface area contributed by atoms with Crippen LogP contribution in [0.3, 0.4) is 0 Å². The van der Waals surface area contributed by atoms with Gasteiger partial charge in [-0.05, 0) is 57.0 Å². The van der Waals surface area contributed by atoms with Gasteiger partial charge in [-0.25, -0.2) is 9.97 Å². The van der Waals surface area contributed by atoms with Crippen molar-refractivity contribution >= 4 is 28.9 Å². The lowest BCUT2D eigenvalue weighted by atomic mass is 10.2. The van der Waals surface area contributed by atoms with Crippen LogP contribution in [0.1, 0.15) is 31.6 Å². The highest BCUT2D eigenvalue weighted by Gasteiger charge is 2.16. The summed E-state index contributed by atoms with van der Waals surface area (Å²) in [5.41, 5.74) is 1.63. The van der Waals surface area contributed by atoms with Crippen molar-refractivity contribution in [1.29, 1.82) is 0 Å². The SMILES string of the molecule is Cc1nc(Nc2ccc(NC(=O)C(C)n3cccn3)cc2)cc(N2CCCC2)n1. The molecule has 1 aliphatic heterocycles. The lowest BCUT2D eigenvalue weighted by Crippen LogP contribution is -2.23. The van der Waals surface area contributed by atoms with Gasteiger partial charge in [0.25, 0.3) is 0 Å². The fraction of sp³-hybridized carbons (Fsp3) is 0.333. The van der Waals surface area contributed by atoms with Crippen LogP contribution in [0.25, 0.3) is 0 Å². The van der Waals surface area contributed by atoms with E-state index in [9.17, 15) is 4.79 Å². The molecule has 0 saturated carbocycles. The lowest BCUT2D eigenvalue weighted by Gasteiger charge is -2.18. The summed E-state index contributed by atoms with van der Waals surface area (Å²) in [7, 11) is 0. The van der Waals surface area contributed by atoms with Crippen LogP contribution in [0.4, 0.5) is 23.0 Å². The van der Waals surface area contributed by atoms with Crippen molar-refractivity contribution in [3.8, 4) is 0 Å². The molecule has 29 heavy (non-hydrogen) atoms. The maximum Gasteiger partial charge on any atom is 0.248 e. The molecule has 150 valence electrons. The quantitative estimate of drug-likeness (QED) is 0.668. The zero-order chi connectivity index (χ0) is 20.2. The molecule has 0 aliphatic carbocycles. The maximum absolute atomic E-state index is 12.4. The Morgan fingerprint density at radius 3 is 2.52 bits per heavy atom. The number of hydrogen-bond donors (Lipinski definition) is 2. The topological polar surface area (TPSA) is 88.0 Å². The van der Waals surface area contributed by atoms with E-state index in [0.29, 0.717) is 0 Å². The van der Waals surface area contributed by atoms with Gasteiger partial charge in [0.05, 0.1) is 0 Å². The van der Waals surface area contributed by atoms with Crippen LogP contribution < -0.4 is 15.5 Å². The first-order valence-electron chi connectivity index (χ1n) is 9.86. The van der Waals surface area contributed by atoms with Gasteiger partial charge < -0.3 is 15.5 Å². The predicted molar refractivity (Wildman–Crippen MR) is 114 cm³/mol. The molecule has 0 bridgehead atoms. The van der Waals surface area contributed by atoms with Crippen LogP contribution in [-0.4, -0.2) is 38.7 Å². The van der Waals surface area contributed by atoms with Crippen molar-refractivity contribution < 1.29 is 4.79 Å². The number of nitrogens with zero attached hydrogens (tertiary/aromatic N) is 5. The van der Waals surface area contributed by atoms with Crippen molar-refractivity contribution in [2.75, 3.05) is 28.6 Å². The Bertz CT molecular complexity index is 963. The third kappa shape index (κ3) is 4.53. The van der Waals surface area contributed by atoms with E-state index < -0.39 is 0 Å². The standard InChI is InChI=1S/C21H25N7O/c1-15(28-13-5-10-22-28)21(29)26-18-8-6-17(7-9-18)25-19-14-20(24-16(2)23-19)27-11-3-4-12-27/h5-10,13-15H,3-4,11-12H2,1-2H3,(H,26,29)(H,23,24,25). The summed E-state index contributed by atoms with van der Waals surface area (Å²) < 4.78 is 1.63. The minimum absolute atomic E-state index is 0.115. The maximum atomic E-state index is 12.4. The van der Waals surface area contributed by atoms with E-state index in [1.807, 2.05) is 44.2 Å². The summed E-state index contributed by atoms with van der Waals surface area (Å²) in [5, 5.41) is 10.4. The largest absolute Gasteiger partial charge is 0.356 e. The van der Waals surface area contributed by atoms with Gasteiger partial charge in [-0.15, -0.1) is 0 Å². The first-order chi connectivity index (χ1) is 14.1. The highest BCUT2D eigenvalue weighted by atomic mass is 16.2. The Morgan fingerprint density at radius 2 is 1.83 bits per heavy atom. The van der Waals surface area contributed by atoms with E-state index in [4.69, 9.17) is 0 Å². The van der Waals surface area contributed by atoms with Gasteiger partial charge in [0.15, 0.2) is 0 Å². The molecule has 1 atom stereocenters. The molecule has 1 amide bonds. The molecule has 4 rings (SSSR count). The van der Waals surface area contributed by atoms with Crippen LogP contribution in [0.2, 0.25) is 0 Å². The number of carbonyl (C=O) groups excluding carboxylic acids is 1. The molecule has 0 spiro atoms. The number of nitrogens with one attached hydrogen (secondary N) is 2. The Balaban J connectivity index is 1.41. The average molecular weight is 391 g/mol. The molecule has 1 aromatic carbocycles. The fourth-order valence-electron chi connectivity index (χ4n) is 3.39. The molecule has 1 aliphatic rings. The Morgan fingerprint density at radius 1 is 1.10 bits per heavy atom. The highest BCUT2D eigenvalue weighted by Crippen LogP contribution is 2.23. The monoisotopic (exact) mass is 391 g/mol. The number of carbonyl (C=O) groups is 1. The number of anilines is 4. The van der Waals surface area contributed by atoms with Gasteiger partial charge in [0.1, 0.15) is 23.5 Å². The molecule has 1 saturated heterocycles. The second-order valence-corrected chi connectivity index (χ2v) is 7.21. The number of amides is 1. The molecule has 1 fully saturated rings. The summed E-state index contributed by atoms with van der Waals surface area (Å²) >= 11 is 0. The Labute approximate surface area is 170 Å². The summed E-state index contributed by atoms with van der Waals surface area (Å²) in [6, 6.07) is 11.0. The number of aromatic nitrogens is 4. The van der Waals surface area contributed by atoms with Gasteiger partial charge in [-0.3, -0.25) is 9.48 Å². The normalized spacial score (nSPS) is 14.6. The van der Waals surface area contributed by atoms with E-state index >= 15 is 0 Å². The smallest absolute Gasteiger partial charge is 0.248 e. The molecule has 2 N–H and O–H groups in total. The van der Waals surface area contributed by atoms with Gasteiger partial charge in [0, 0.05) is 42.9 Å². The van der Waals surface area contributed by atoms with Crippen molar-refractivity contribution in [3.05, 3.63) is 54.6 Å². The molecule has 3 heterocycles. The Hall–Kier alpha value is -3.42. The lowest BCUT2D eigenvalue weighted by molar-refractivity contribution is -0.119. The molecular formula is C21H25N7O. The number of hydrogen-bond acceptors (Lipinski definition) is 6. The van der Waals surface area contributed by atoms with E-state index in [1.54, 1.807) is 23.1 Å². The first-order valence-corrected chi connectivity index (χ1v) is 9.86. The van der Waals surface area contributed by atoms with Gasteiger partial charge in [0.2, 0.25) is 5.91 Å². The molecule has 2 aromatic heterocycles. The summed E-state index contributed by atoms with van der Waals surface area (Å²) in [6.45, 7) is 5.81. The summed E-state index contributed by atoms with van der Waals surface area (Å²) in [5.74, 6) is 2.36. The van der Waals surface area contributed by atoms with Gasteiger partial charge >= 0.3 is 0 Å². The third-order valence-corrected chi connectivity index (χ3v) is 4.98. The van der Waals surface area contributed by atoms with Gasteiger partial charge in [-0.1, -0.05) is 0 Å². The van der Waals surface area contributed by atoms with Crippen LogP contribution in [0, 0.1) is 6.92 Å². The van der Waals surface area contributed by atoms with Gasteiger partial charge in [-0.2, -0.15) is 5.10 Å². The predicted octanol–water partition coefficient (Wildman–Crippen LogP) is 3.53. The second-order valence-electron chi connectivity index (χ2n) is 7.21. The molecule has 0 radical (unpaired) electrons. The van der Waals surface area contributed by atoms with E-state index in [2.05, 4.69) is 30.6 Å². The van der Waals surface area contributed by atoms with Crippen LogP contribution in [-0.2, 0) is 4.79 Å². The minimum atomic E-state index is -0.379. The number of benzene rings is 1. The van der Waals surface area contributed by atoms with E-state index in [1.165, 1.54) is 12.8 Å². The number of rotatable bonds is 6. The van der Waals surface area contributed by atoms with E-state index in [0.717, 1.165) is 41.9 Å². The van der Waals surface area contributed by atoms with Crippen molar-refractivity contribution in [3.63, 3.8) is 0 Å². The van der Waals surface area contributed by atoms with Crippen molar-refractivity contribution in [1.82, 2.24) is 19.7 Å². The van der Waals surface area contributed by atoms with Crippen molar-refractivity contribution in [2.45, 2.75) is 32.7 Å². The molecule has 8 nitrogen and oxygen atoms in total. The highest BCUT2D eigenvalue weighted by molar-refractivity contribution is 5.93. The Kier molecular flexibility index (Phi) is 5.41. The van der Waals surface area contributed by atoms with Crippen LogP contribution >= 0.6 is 0 Å². The second kappa shape index (κ2) is 8.30. The zero-order valence-corrected chi connectivity index (χ0v) is 16.7. The molecule has 3 aromatic rings.